The third kappa shape index (κ3) is 4.33. The van der Waals surface area contributed by atoms with Crippen molar-refractivity contribution in [1.82, 2.24) is 4.72 Å². The summed E-state index contributed by atoms with van der Waals surface area (Å²) in [5.74, 6) is 0. The Morgan fingerprint density at radius 3 is 1.75 bits per heavy atom. The average molecular weight is 395 g/mol. The van der Waals surface area contributed by atoms with Crippen LogP contribution in [0.25, 0.3) is 0 Å². The van der Waals surface area contributed by atoms with Crippen LogP contribution in [0.2, 0.25) is 0 Å². The molecule has 3 rings (SSSR count). The Bertz CT molecular complexity index is 1030. The van der Waals surface area contributed by atoms with E-state index in [4.69, 9.17) is 5.73 Å². The summed E-state index contributed by atoms with van der Waals surface area (Å²) in [6, 6.07) is 21.7. The molecule has 0 heterocycles. The first kappa shape index (κ1) is 20.3. The molecule has 0 spiro atoms. The van der Waals surface area contributed by atoms with Gasteiger partial charge in [0.05, 0.1) is 17.0 Å². The molecule has 3 N–H and O–H groups in total. The number of hydrogen-bond acceptors (Lipinski definition) is 3. The van der Waals surface area contributed by atoms with Crippen molar-refractivity contribution in [2.24, 2.45) is 5.73 Å². The Morgan fingerprint density at radius 2 is 1.25 bits per heavy atom. The van der Waals surface area contributed by atoms with E-state index in [2.05, 4.69) is 4.72 Å². The van der Waals surface area contributed by atoms with Crippen LogP contribution < -0.4 is 10.5 Å². The largest absolute Gasteiger partial charge is 0.322 e. The summed E-state index contributed by atoms with van der Waals surface area (Å²) in [5, 5.41) is 0. The number of nitrogens with two attached hydrogens (primary N) is 1. The summed E-state index contributed by atoms with van der Waals surface area (Å²) in [6.45, 7) is 5.61. The molecule has 0 bridgehead atoms. The van der Waals surface area contributed by atoms with Gasteiger partial charge in [0, 0.05) is 0 Å². The zero-order valence-electron chi connectivity index (χ0n) is 16.4. The SMILES string of the molecule is Cc1cc(C)c(S(=O)(=O)N[C@@H](c2ccccc2)[C@@H](N)c2ccccc2)c(C)c1. The Balaban J connectivity index is 2.05. The minimum Gasteiger partial charge on any atom is -0.322 e. The average Bonchev–Trinajstić information content (AvgIpc) is 2.66. The van der Waals surface area contributed by atoms with Crippen LogP contribution in [0, 0.1) is 20.8 Å². The van der Waals surface area contributed by atoms with Crippen LogP contribution in [0.4, 0.5) is 0 Å². The van der Waals surface area contributed by atoms with Gasteiger partial charge in [-0.05, 0) is 43.0 Å². The molecule has 0 fully saturated rings. The number of aryl methyl sites for hydroxylation is 3. The number of sulfonamides is 1. The zero-order valence-corrected chi connectivity index (χ0v) is 17.2. The van der Waals surface area contributed by atoms with E-state index in [1.165, 1.54) is 0 Å². The fourth-order valence-electron chi connectivity index (χ4n) is 3.69. The fourth-order valence-corrected chi connectivity index (χ4v) is 5.39. The Kier molecular flexibility index (Phi) is 5.98. The van der Waals surface area contributed by atoms with Gasteiger partial charge in [0.15, 0.2) is 0 Å². The molecule has 0 aliphatic heterocycles. The molecule has 5 heteroatoms. The summed E-state index contributed by atoms with van der Waals surface area (Å²) in [4.78, 5) is 0.319. The first-order valence-corrected chi connectivity index (χ1v) is 10.7. The number of hydrogen-bond donors (Lipinski definition) is 2. The minimum absolute atomic E-state index is 0.319. The van der Waals surface area contributed by atoms with Gasteiger partial charge in [0.1, 0.15) is 0 Å². The fraction of sp³-hybridized carbons (Fsp3) is 0.217. The van der Waals surface area contributed by atoms with Crippen molar-refractivity contribution < 1.29 is 8.42 Å². The molecule has 0 aliphatic rings. The van der Waals surface area contributed by atoms with Gasteiger partial charge >= 0.3 is 0 Å². The van der Waals surface area contributed by atoms with Crippen LogP contribution in [-0.4, -0.2) is 8.42 Å². The lowest BCUT2D eigenvalue weighted by Gasteiger charge is -2.26. The van der Waals surface area contributed by atoms with E-state index in [-0.39, 0.29) is 0 Å². The van der Waals surface area contributed by atoms with Gasteiger partial charge in [-0.1, -0.05) is 78.4 Å². The van der Waals surface area contributed by atoms with Crippen molar-refractivity contribution in [3.8, 4) is 0 Å². The van der Waals surface area contributed by atoms with Crippen LogP contribution in [0.5, 0.6) is 0 Å². The number of rotatable bonds is 6. The maximum Gasteiger partial charge on any atom is 0.241 e. The maximum atomic E-state index is 13.3. The highest BCUT2D eigenvalue weighted by atomic mass is 32.2. The van der Waals surface area contributed by atoms with E-state index < -0.39 is 22.1 Å². The second-order valence-electron chi connectivity index (χ2n) is 7.17. The lowest BCUT2D eigenvalue weighted by Crippen LogP contribution is -2.36. The smallest absolute Gasteiger partial charge is 0.241 e. The second-order valence-corrected chi connectivity index (χ2v) is 8.82. The Hall–Kier alpha value is -2.47. The zero-order chi connectivity index (χ0) is 20.3. The third-order valence-electron chi connectivity index (χ3n) is 4.86. The highest BCUT2D eigenvalue weighted by Gasteiger charge is 2.29. The molecule has 2 atom stereocenters. The van der Waals surface area contributed by atoms with E-state index >= 15 is 0 Å². The summed E-state index contributed by atoms with van der Waals surface area (Å²) >= 11 is 0. The molecule has 0 aromatic heterocycles. The Labute approximate surface area is 167 Å². The van der Waals surface area contributed by atoms with Crippen molar-refractivity contribution >= 4 is 10.0 Å². The van der Waals surface area contributed by atoms with Gasteiger partial charge in [-0.15, -0.1) is 0 Å². The second kappa shape index (κ2) is 8.27. The lowest BCUT2D eigenvalue weighted by atomic mass is 9.95. The molecule has 146 valence electrons. The van der Waals surface area contributed by atoms with E-state index in [0.29, 0.717) is 4.90 Å². The highest BCUT2D eigenvalue weighted by molar-refractivity contribution is 7.89. The molecular weight excluding hydrogens is 368 g/mol. The van der Waals surface area contributed by atoms with Gasteiger partial charge in [-0.25, -0.2) is 13.1 Å². The summed E-state index contributed by atoms with van der Waals surface area (Å²) in [5.41, 5.74) is 10.7. The summed E-state index contributed by atoms with van der Waals surface area (Å²) in [6.07, 6.45) is 0. The van der Waals surface area contributed by atoms with Crippen LogP contribution >= 0.6 is 0 Å². The van der Waals surface area contributed by atoms with Gasteiger partial charge in [0.2, 0.25) is 10.0 Å². The van der Waals surface area contributed by atoms with E-state index in [9.17, 15) is 8.42 Å². The summed E-state index contributed by atoms with van der Waals surface area (Å²) < 4.78 is 29.5. The Morgan fingerprint density at radius 1 is 0.786 bits per heavy atom. The third-order valence-corrected chi connectivity index (χ3v) is 6.60. The van der Waals surface area contributed by atoms with Gasteiger partial charge in [-0.3, -0.25) is 0 Å². The molecule has 0 unspecified atom stereocenters. The quantitative estimate of drug-likeness (QED) is 0.653. The standard InChI is InChI=1S/C23H26N2O2S/c1-16-14-17(2)23(18(3)15-16)28(26,27)25-22(20-12-8-5-9-13-20)21(24)19-10-6-4-7-11-19/h4-15,21-22,25H,24H2,1-3H3/t21-,22-/m0/s1. The highest BCUT2D eigenvalue weighted by Crippen LogP contribution is 2.30. The van der Waals surface area contributed by atoms with E-state index in [0.717, 1.165) is 27.8 Å². The molecule has 0 radical (unpaired) electrons. The topological polar surface area (TPSA) is 72.2 Å². The van der Waals surface area contributed by atoms with Crippen LogP contribution in [-0.2, 0) is 10.0 Å². The lowest BCUT2D eigenvalue weighted by molar-refractivity contribution is 0.503. The predicted molar refractivity (Wildman–Crippen MR) is 114 cm³/mol. The monoisotopic (exact) mass is 394 g/mol. The predicted octanol–water partition coefficient (Wildman–Crippen LogP) is 4.33. The molecule has 4 nitrogen and oxygen atoms in total. The summed E-state index contributed by atoms with van der Waals surface area (Å²) in [7, 11) is -3.77. The molecular formula is C23H26N2O2S. The van der Waals surface area contributed by atoms with Crippen molar-refractivity contribution in [2.75, 3.05) is 0 Å². The van der Waals surface area contributed by atoms with Gasteiger partial charge in [-0.2, -0.15) is 0 Å². The maximum absolute atomic E-state index is 13.3. The molecule has 3 aromatic carbocycles. The van der Waals surface area contributed by atoms with Crippen molar-refractivity contribution in [1.29, 1.82) is 0 Å². The molecule has 3 aromatic rings. The number of nitrogens with one attached hydrogen (secondary N) is 1. The minimum atomic E-state index is -3.77. The first-order chi connectivity index (χ1) is 13.3. The van der Waals surface area contributed by atoms with Crippen LogP contribution in [0.3, 0.4) is 0 Å². The van der Waals surface area contributed by atoms with Gasteiger partial charge in [0.25, 0.3) is 0 Å². The van der Waals surface area contributed by atoms with Crippen molar-refractivity contribution in [3.05, 3.63) is 101 Å². The van der Waals surface area contributed by atoms with Crippen molar-refractivity contribution in [2.45, 2.75) is 37.8 Å². The van der Waals surface area contributed by atoms with Crippen molar-refractivity contribution in [3.63, 3.8) is 0 Å². The number of benzene rings is 3. The molecule has 28 heavy (non-hydrogen) atoms. The van der Waals surface area contributed by atoms with Gasteiger partial charge < -0.3 is 5.73 Å². The van der Waals surface area contributed by atoms with E-state index in [1.807, 2.05) is 93.6 Å². The first-order valence-electron chi connectivity index (χ1n) is 9.25. The van der Waals surface area contributed by atoms with Crippen LogP contribution in [0.1, 0.15) is 39.9 Å². The molecule has 0 saturated carbocycles. The normalized spacial score (nSPS) is 13.9. The molecule has 0 amide bonds. The molecule has 0 aliphatic carbocycles. The van der Waals surface area contributed by atoms with E-state index in [1.54, 1.807) is 0 Å². The van der Waals surface area contributed by atoms with Crippen LogP contribution in [0.15, 0.2) is 77.7 Å². The molecule has 0 saturated heterocycles.